The Morgan fingerprint density at radius 1 is 1.15 bits per heavy atom. The highest BCUT2D eigenvalue weighted by atomic mass is 35.5. The Kier molecular flexibility index (Phi) is 6.14. The number of hydrogen-bond donors (Lipinski definition) is 1. The van der Waals surface area contributed by atoms with Gasteiger partial charge in [-0.05, 0) is 87.9 Å². The van der Waals surface area contributed by atoms with Crippen molar-refractivity contribution in [3.8, 4) is 23.2 Å². The molecule has 7 rings (SSSR count). The topological polar surface area (TPSA) is 77.3 Å². The van der Waals surface area contributed by atoms with E-state index in [1.807, 2.05) is 13.0 Å². The van der Waals surface area contributed by atoms with Crippen LogP contribution in [0.3, 0.4) is 0 Å². The van der Waals surface area contributed by atoms with Crippen molar-refractivity contribution in [1.29, 1.82) is 5.26 Å². The monoisotopic (exact) mass is 546 g/mol. The molecule has 0 amide bonds. The van der Waals surface area contributed by atoms with Crippen LogP contribution in [0.1, 0.15) is 49.7 Å². The highest BCUT2D eigenvalue weighted by Gasteiger charge is 2.45. The summed E-state index contributed by atoms with van der Waals surface area (Å²) in [6, 6.07) is 10.2. The highest BCUT2D eigenvalue weighted by Crippen LogP contribution is 2.42. The molecular weight excluding hydrogens is 515 g/mol. The molecule has 9 heteroatoms. The summed E-state index contributed by atoms with van der Waals surface area (Å²) in [5.74, 6) is 0.166. The van der Waals surface area contributed by atoms with Gasteiger partial charge in [0.15, 0.2) is 5.82 Å². The van der Waals surface area contributed by atoms with Gasteiger partial charge in [0.1, 0.15) is 17.9 Å². The number of hydrogen-bond acceptors (Lipinski definition) is 7. The minimum atomic E-state index is -0.510. The van der Waals surface area contributed by atoms with Crippen LogP contribution in [0.4, 0.5) is 10.2 Å². The molecule has 3 aromatic rings. The Balaban J connectivity index is 1.35. The first-order chi connectivity index (χ1) is 18.9. The molecular formula is C30H32ClFN6O. The maximum absolute atomic E-state index is 16.5. The summed E-state index contributed by atoms with van der Waals surface area (Å²) in [4.78, 5) is 14.3. The normalized spacial score (nSPS) is 23.8. The number of ether oxygens (including phenoxy) is 1. The first kappa shape index (κ1) is 25.0. The third-order valence-electron chi connectivity index (χ3n) is 9.28. The zero-order valence-electron chi connectivity index (χ0n) is 22.1. The number of anilines is 1. The second-order valence-electron chi connectivity index (χ2n) is 11.7. The first-order valence-corrected chi connectivity index (χ1v) is 14.4. The fourth-order valence-electron chi connectivity index (χ4n) is 7.30. The quantitative estimate of drug-likeness (QED) is 0.470. The van der Waals surface area contributed by atoms with E-state index in [1.54, 1.807) is 18.2 Å². The fourth-order valence-corrected chi connectivity index (χ4v) is 7.60. The van der Waals surface area contributed by atoms with Gasteiger partial charge in [-0.15, -0.1) is 0 Å². The molecule has 4 aliphatic heterocycles. The van der Waals surface area contributed by atoms with Crippen molar-refractivity contribution in [1.82, 2.24) is 20.2 Å². The van der Waals surface area contributed by atoms with Gasteiger partial charge in [-0.25, -0.2) is 4.39 Å². The molecule has 0 aliphatic carbocycles. The zero-order chi connectivity index (χ0) is 26.7. The lowest BCUT2D eigenvalue weighted by Crippen LogP contribution is -2.51. The summed E-state index contributed by atoms with van der Waals surface area (Å²) in [6.45, 7) is 6.20. The van der Waals surface area contributed by atoms with Crippen molar-refractivity contribution in [2.24, 2.45) is 0 Å². The molecule has 0 saturated carbocycles. The summed E-state index contributed by atoms with van der Waals surface area (Å²) in [7, 11) is 0. The number of rotatable bonds is 5. The molecule has 2 atom stereocenters. The SMILES string of the molecule is Cc1ccc(C#N)cc1-c1c(Cl)cc2c(N3CC4CCC(C3)N4)nc(OCC34CCCN3CCC4)nc2c1F. The largest absolute Gasteiger partial charge is 0.461 e. The van der Waals surface area contributed by atoms with Crippen molar-refractivity contribution in [3.05, 3.63) is 46.2 Å². The lowest BCUT2D eigenvalue weighted by atomic mass is 9.95. The predicted octanol–water partition coefficient (Wildman–Crippen LogP) is 5.22. The van der Waals surface area contributed by atoms with Crippen LogP contribution < -0.4 is 15.0 Å². The minimum absolute atomic E-state index is 0.0329. The number of fused-ring (bicyclic) bond motifs is 4. The number of nitriles is 1. The molecule has 0 radical (unpaired) electrons. The molecule has 4 fully saturated rings. The third kappa shape index (κ3) is 4.23. The van der Waals surface area contributed by atoms with Crippen molar-refractivity contribution in [2.75, 3.05) is 37.7 Å². The molecule has 7 nitrogen and oxygen atoms in total. The van der Waals surface area contributed by atoms with Crippen molar-refractivity contribution in [2.45, 2.75) is 63.1 Å². The lowest BCUT2D eigenvalue weighted by molar-refractivity contribution is 0.108. The Hall–Kier alpha value is -2.99. The van der Waals surface area contributed by atoms with Gasteiger partial charge in [0.25, 0.3) is 0 Å². The molecule has 2 aromatic carbocycles. The number of nitrogens with one attached hydrogen (secondary N) is 1. The highest BCUT2D eigenvalue weighted by molar-refractivity contribution is 6.34. The lowest BCUT2D eigenvalue weighted by Gasteiger charge is -2.35. The van der Waals surface area contributed by atoms with E-state index in [2.05, 4.69) is 26.2 Å². The van der Waals surface area contributed by atoms with Gasteiger partial charge in [-0.3, -0.25) is 4.90 Å². The van der Waals surface area contributed by atoms with Crippen LogP contribution in [-0.2, 0) is 0 Å². The Bertz CT molecular complexity index is 1480. The second-order valence-corrected chi connectivity index (χ2v) is 12.1. The van der Waals surface area contributed by atoms with E-state index in [-0.39, 0.29) is 27.7 Å². The summed E-state index contributed by atoms with van der Waals surface area (Å²) in [5.41, 5.74) is 2.37. The van der Waals surface area contributed by atoms with Crippen molar-refractivity contribution < 1.29 is 9.13 Å². The Morgan fingerprint density at radius 3 is 2.62 bits per heavy atom. The standard InChI is InChI=1S/C30H32ClFN6O/c1-18-4-5-19(14-33)12-22(18)25-24(31)13-23-27(26(25)32)35-29(39-17-30-8-2-10-38(30)11-3-9-30)36-28(23)37-15-20-6-7-21(16-37)34-20/h4-5,12-13,20-21,34H,2-3,6-11,15-17H2,1H3. The Morgan fingerprint density at radius 2 is 1.90 bits per heavy atom. The molecule has 2 unspecified atom stereocenters. The summed E-state index contributed by atoms with van der Waals surface area (Å²) in [5, 5.41) is 14.0. The van der Waals surface area contributed by atoms with E-state index in [4.69, 9.17) is 21.3 Å². The Labute approximate surface area is 232 Å². The van der Waals surface area contributed by atoms with Crippen LogP contribution in [0.5, 0.6) is 6.01 Å². The third-order valence-corrected chi connectivity index (χ3v) is 9.57. The number of piperazine rings is 1. The molecule has 2 bridgehead atoms. The maximum Gasteiger partial charge on any atom is 0.319 e. The van der Waals surface area contributed by atoms with E-state index in [0.717, 1.165) is 57.4 Å². The molecule has 5 heterocycles. The van der Waals surface area contributed by atoms with Crippen LogP contribution in [-0.4, -0.2) is 65.3 Å². The summed E-state index contributed by atoms with van der Waals surface area (Å²) in [6.07, 6.45) is 6.82. The van der Waals surface area contributed by atoms with E-state index >= 15 is 4.39 Å². The number of aromatic nitrogens is 2. The fraction of sp³-hybridized carbons (Fsp3) is 0.500. The van der Waals surface area contributed by atoms with Gasteiger partial charge in [0, 0.05) is 36.1 Å². The van der Waals surface area contributed by atoms with Gasteiger partial charge < -0.3 is 15.0 Å². The van der Waals surface area contributed by atoms with E-state index in [9.17, 15) is 5.26 Å². The zero-order valence-corrected chi connectivity index (χ0v) is 22.9. The molecule has 202 valence electrons. The van der Waals surface area contributed by atoms with Crippen molar-refractivity contribution >= 4 is 28.3 Å². The van der Waals surface area contributed by atoms with Crippen LogP contribution in [0, 0.1) is 24.1 Å². The van der Waals surface area contributed by atoms with E-state index in [1.165, 1.54) is 12.8 Å². The average molecular weight is 547 g/mol. The molecule has 4 aliphatic rings. The molecule has 39 heavy (non-hydrogen) atoms. The smallest absolute Gasteiger partial charge is 0.319 e. The maximum atomic E-state index is 16.5. The average Bonchev–Trinajstić information content (AvgIpc) is 3.62. The van der Waals surface area contributed by atoms with E-state index < -0.39 is 5.82 Å². The number of aryl methyl sites for hydroxylation is 1. The first-order valence-electron chi connectivity index (χ1n) is 14.0. The van der Waals surface area contributed by atoms with Gasteiger partial charge in [-0.2, -0.15) is 15.2 Å². The van der Waals surface area contributed by atoms with Crippen LogP contribution in [0.25, 0.3) is 22.0 Å². The predicted molar refractivity (Wildman–Crippen MR) is 150 cm³/mol. The van der Waals surface area contributed by atoms with Crippen molar-refractivity contribution in [3.63, 3.8) is 0 Å². The second kappa shape index (κ2) is 9.58. The van der Waals surface area contributed by atoms with Gasteiger partial charge in [0.05, 0.1) is 22.2 Å². The number of halogens is 2. The number of benzene rings is 2. The molecule has 0 spiro atoms. The van der Waals surface area contributed by atoms with Crippen LogP contribution >= 0.6 is 11.6 Å². The van der Waals surface area contributed by atoms with Gasteiger partial charge >= 0.3 is 6.01 Å². The molecule has 4 saturated heterocycles. The summed E-state index contributed by atoms with van der Waals surface area (Å²) < 4.78 is 22.9. The van der Waals surface area contributed by atoms with Crippen LogP contribution in [0.15, 0.2) is 24.3 Å². The van der Waals surface area contributed by atoms with Crippen LogP contribution in [0.2, 0.25) is 5.02 Å². The summed E-state index contributed by atoms with van der Waals surface area (Å²) >= 11 is 6.79. The molecule has 1 N–H and O–H groups in total. The van der Waals surface area contributed by atoms with E-state index in [0.29, 0.717) is 41.0 Å². The van der Waals surface area contributed by atoms with Gasteiger partial charge in [-0.1, -0.05) is 17.7 Å². The number of nitrogens with zero attached hydrogens (tertiary/aromatic N) is 5. The molecule has 1 aromatic heterocycles. The van der Waals surface area contributed by atoms with Gasteiger partial charge in [0.2, 0.25) is 0 Å². The minimum Gasteiger partial charge on any atom is -0.461 e.